The number of fused-ring (bicyclic) bond motifs is 1. The minimum Gasteiger partial charge on any atom is -0.486 e. The van der Waals surface area contributed by atoms with Gasteiger partial charge in [0, 0.05) is 30.1 Å². The van der Waals surface area contributed by atoms with Gasteiger partial charge in [-0.2, -0.15) is 0 Å². The van der Waals surface area contributed by atoms with Crippen LogP contribution >= 0.6 is 15.9 Å². The third-order valence-corrected chi connectivity index (χ3v) is 6.45. The number of ether oxygens (including phenoxy) is 2. The zero-order valence-corrected chi connectivity index (χ0v) is 18.8. The first-order valence-corrected chi connectivity index (χ1v) is 11.4. The number of hydrogen-bond acceptors (Lipinski definition) is 6. The van der Waals surface area contributed by atoms with Crippen molar-refractivity contribution in [2.75, 3.05) is 26.2 Å². The van der Waals surface area contributed by atoms with Gasteiger partial charge < -0.3 is 25.6 Å². The molecule has 1 fully saturated rings. The van der Waals surface area contributed by atoms with Crippen LogP contribution in [0.3, 0.4) is 0 Å². The molecular weight excluding hydrogens is 462 g/mol. The minimum atomic E-state index is -0.674. The summed E-state index contributed by atoms with van der Waals surface area (Å²) in [5.74, 6) is 1.04. The number of carbonyl (C=O) groups is 1. The van der Waals surface area contributed by atoms with Gasteiger partial charge in [0.1, 0.15) is 18.8 Å². The zero-order chi connectivity index (χ0) is 21.8. The van der Waals surface area contributed by atoms with Crippen LogP contribution in [0.25, 0.3) is 0 Å². The second-order valence-electron chi connectivity index (χ2n) is 8.06. The van der Waals surface area contributed by atoms with Crippen LogP contribution in [0, 0.1) is 0 Å². The molecule has 0 aromatic heterocycles. The SMILES string of the molecule is NC(=O)C(c1ccc(Br)cc1)N1CCC(NCC(O)C2COc3ccccc3O2)CC1. The fourth-order valence-corrected chi connectivity index (χ4v) is 4.47. The van der Waals surface area contributed by atoms with Crippen molar-refractivity contribution in [3.05, 3.63) is 58.6 Å². The molecule has 0 bridgehead atoms. The lowest BCUT2D eigenvalue weighted by molar-refractivity contribution is -0.124. The maximum absolute atomic E-state index is 12.1. The first-order chi connectivity index (χ1) is 15.0. The summed E-state index contributed by atoms with van der Waals surface area (Å²) in [6.45, 7) is 2.26. The second kappa shape index (κ2) is 9.99. The summed E-state index contributed by atoms with van der Waals surface area (Å²) >= 11 is 3.43. The van der Waals surface area contributed by atoms with Crippen LogP contribution in [0.15, 0.2) is 53.0 Å². The van der Waals surface area contributed by atoms with E-state index >= 15 is 0 Å². The number of aliphatic hydroxyl groups excluding tert-OH is 1. The Morgan fingerprint density at radius 2 is 1.84 bits per heavy atom. The number of carbonyl (C=O) groups excluding carboxylic acids is 1. The summed E-state index contributed by atoms with van der Waals surface area (Å²) in [6, 6.07) is 15.1. The van der Waals surface area contributed by atoms with Gasteiger partial charge >= 0.3 is 0 Å². The number of nitrogens with zero attached hydrogens (tertiary/aromatic N) is 1. The second-order valence-corrected chi connectivity index (χ2v) is 8.97. The largest absolute Gasteiger partial charge is 0.486 e. The van der Waals surface area contributed by atoms with Gasteiger partial charge in [-0.05, 0) is 42.7 Å². The molecule has 2 aliphatic heterocycles. The Balaban J connectivity index is 1.26. The number of halogens is 1. The molecule has 8 heteroatoms. The topological polar surface area (TPSA) is 97.1 Å². The van der Waals surface area contributed by atoms with E-state index in [1.54, 1.807) is 0 Å². The monoisotopic (exact) mass is 489 g/mol. The molecule has 2 aromatic rings. The standard InChI is InChI=1S/C23H28BrN3O4/c24-16-7-5-15(6-8-16)22(23(25)29)27-11-9-17(10-12-27)26-13-18(28)21-14-30-19-3-1-2-4-20(19)31-21/h1-8,17-18,21-22,26,28H,9-14H2,(H2,25,29). The molecule has 3 unspecified atom stereocenters. The van der Waals surface area contributed by atoms with Gasteiger partial charge in [0.15, 0.2) is 17.6 Å². The highest BCUT2D eigenvalue weighted by Crippen LogP contribution is 2.31. The molecule has 0 saturated carbocycles. The number of amides is 1. The zero-order valence-electron chi connectivity index (χ0n) is 17.2. The van der Waals surface area contributed by atoms with Crippen LogP contribution in [0.4, 0.5) is 0 Å². The van der Waals surface area contributed by atoms with E-state index in [1.807, 2.05) is 48.5 Å². The maximum atomic E-state index is 12.1. The van der Waals surface area contributed by atoms with Crippen molar-refractivity contribution in [1.29, 1.82) is 0 Å². The Morgan fingerprint density at radius 3 is 2.52 bits per heavy atom. The number of benzene rings is 2. The summed E-state index contributed by atoms with van der Waals surface area (Å²) in [5, 5.41) is 14.0. The minimum absolute atomic E-state index is 0.265. The third kappa shape index (κ3) is 5.38. The maximum Gasteiger partial charge on any atom is 0.239 e. The first kappa shape index (κ1) is 22.1. The summed E-state index contributed by atoms with van der Waals surface area (Å²) in [5.41, 5.74) is 6.63. The number of para-hydroxylation sites is 2. The average Bonchev–Trinajstić information content (AvgIpc) is 2.79. The van der Waals surface area contributed by atoms with Gasteiger partial charge in [-0.1, -0.05) is 40.2 Å². The van der Waals surface area contributed by atoms with E-state index < -0.39 is 18.2 Å². The van der Waals surface area contributed by atoms with Gasteiger partial charge in [-0.3, -0.25) is 9.69 Å². The molecule has 1 saturated heterocycles. The molecule has 3 atom stereocenters. The van der Waals surface area contributed by atoms with Gasteiger partial charge in [-0.15, -0.1) is 0 Å². The lowest BCUT2D eigenvalue weighted by atomic mass is 9.98. The predicted octanol–water partition coefficient (Wildman–Crippen LogP) is 2.23. The van der Waals surface area contributed by atoms with Crippen LogP contribution in [0.5, 0.6) is 11.5 Å². The molecule has 0 spiro atoms. The highest BCUT2D eigenvalue weighted by atomic mass is 79.9. The van der Waals surface area contributed by atoms with Crippen LogP contribution in [0.1, 0.15) is 24.4 Å². The van der Waals surface area contributed by atoms with Crippen LogP contribution in [0.2, 0.25) is 0 Å². The molecular formula is C23H28BrN3O4. The van der Waals surface area contributed by atoms with E-state index in [-0.39, 0.29) is 11.9 Å². The highest BCUT2D eigenvalue weighted by Gasteiger charge is 2.31. The van der Waals surface area contributed by atoms with Crippen LogP contribution in [-0.4, -0.2) is 60.4 Å². The number of nitrogens with one attached hydrogen (secondary N) is 1. The molecule has 0 radical (unpaired) electrons. The summed E-state index contributed by atoms with van der Waals surface area (Å²) in [7, 11) is 0. The number of hydrogen-bond donors (Lipinski definition) is 3. The van der Waals surface area contributed by atoms with E-state index in [0.717, 1.165) is 36.0 Å². The van der Waals surface area contributed by atoms with Gasteiger partial charge in [0.25, 0.3) is 0 Å². The van der Waals surface area contributed by atoms with Crippen LogP contribution in [-0.2, 0) is 4.79 Å². The lowest BCUT2D eigenvalue weighted by Gasteiger charge is -2.37. The van der Waals surface area contributed by atoms with E-state index in [2.05, 4.69) is 26.1 Å². The van der Waals surface area contributed by atoms with Crippen LogP contribution < -0.4 is 20.5 Å². The Hall–Kier alpha value is -2.13. The van der Waals surface area contributed by atoms with Gasteiger partial charge in [0.2, 0.25) is 5.91 Å². The Morgan fingerprint density at radius 1 is 1.16 bits per heavy atom. The van der Waals surface area contributed by atoms with Gasteiger partial charge in [0.05, 0.1) is 0 Å². The molecule has 4 rings (SSSR count). The first-order valence-electron chi connectivity index (χ1n) is 10.6. The Bertz CT molecular complexity index is 887. The summed E-state index contributed by atoms with van der Waals surface area (Å²) < 4.78 is 12.6. The molecule has 4 N–H and O–H groups in total. The van der Waals surface area contributed by atoms with E-state index in [9.17, 15) is 9.90 Å². The van der Waals surface area contributed by atoms with E-state index in [1.165, 1.54) is 0 Å². The summed E-state index contributed by atoms with van der Waals surface area (Å²) in [6.07, 6.45) is 0.669. The molecule has 7 nitrogen and oxygen atoms in total. The van der Waals surface area contributed by atoms with Crippen molar-refractivity contribution < 1.29 is 19.4 Å². The highest BCUT2D eigenvalue weighted by molar-refractivity contribution is 9.10. The van der Waals surface area contributed by atoms with Gasteiger partial charge in [-0.25, -0.2) is 0 Å². The number of rotatable bonds is 7. The Kier molecular flexibility index (Phi) is 7.12. The lowest BCUT2D eigenvalue weighted by Crippen LogP contribution is -2.50. The van der Waals surface area contributed by atoms with Crippen molar-refractivity contribution in [3.63, 3.8) is 0 Å². The van der Waals surface area contributed by atoms with Crippen molar-refractivity contribution in [3.8, 4) is 11.5 Å². The van der Waals surface area contributed by atoms with Crippen molar-refractivity contribution in [2.45, 2.75) is 37.1 Å². The number of aliphatic hydroxyl groups is 1. The number of likely N-dealkylation sites (tertiary alicyclic amines) is 1. The number of nitrogens with two attached hydrogens (primary N) is 1. The quantitative estimate of drug-likeness (QED) is 0.551. The van der Waals surface area contributed by atoms with E-state index in [4.69, 9.17) is 15.2 Å². The molecule has 2 heterocycles. The normalized spacial score (nSPS) is 21.4. The number of primary amides is 1. The molecule has 2 aliphatic rings. The van der Waals surface area contributed by atoms with Crippen molar-refractivity contribution in [2.24, 2.45) is 5.73 Å². The van der Waals surface area contributed by atoms with E-state index in [0.29, 0.717) is 24.7 Å². The smallest absolute Gasteiger partial charge is 0.239 e. The molecule has 2 aromatic carbocycles. The predicted molar refractivity (Wildman–Crippen MR) is 121 cm³/mol. The third-order valence-electron chi connectivity index (χ3n) is 5.93. The molecule has 166 valence electrons. The molecule has 0 aliphatic carbocycles. The average molecular weight is 490 g/mol. The molecule has 31 heavy (non-hydrogen) atoms. The van der Waals surface area contributed by atoms with Crippen molar-refractivity contribution in [1.82, 2.24) is 10.2 Å². The fourth-order valence-electron chi connectivity index (χ4n) is 4.21. The van der Waals surface area contributed by atoms with Crippen molar-refractivity contribution >= 4 is 21.8 Å². The summed E-state index contributed by atoms with van der Waals surface area (Å²) in [4.78, 5) is 14.3. The fraction of sp³-hybridized carbons (Fsp3) is 0.435. The number of piperidine rings is 1. The molecule has 1 amide bonds. The Labute approximate surface area is 190 Å².